The van der Waals surface area contributed by atoms with E-state index in [4.69, 9.17) is 0 Å². The predicted octanol–water partition coefficient (Wildman–Crippen LogP) is 5.79. The van der Waals surface area contributed by atoms with Gasteiger partial charge >= 0.3 is 12.7 Å². The van der Waals surface area contributed by atoms with Gasteiger partial charge in [-0.2, -0.15) is 27.1 Å². The molecule has 1 aromatic carbocycles. The average Bonchev–Trinajstić information content (AvgIpc) is 3.69. The fourth-order valence-corrected chi connectivity index (χ4v) is 5.37. The van der Waals surface area contributed by atoms with Crippen molar-refractivity contribution in [2.45, 2.75) is 45.0 Å². The second-order valence-electron chi connectivity index (χ2n) is 10.8. The van der Waals surface area contributed by atoms with E-state index >= 15 is 4.39 Å². The lowest BCUT2D eigenvalue weighted by Crippen LogP contribution is -2.27. The second kappa shape index (κ2) is 12.1. The minimum Gasteiger partial charge on any atom is -0.323 e. The first kappa shape index (κ1) is 31.6. The minimum absolute atomic E-state index is 0.0577. The van der Waals surface area contributed by atoms with E-state index in [-0.39, 0.29) is 34.7 Å². The molecule has 2 unspecified atom stereocenters. The zero-order chi connectivity index (χ0) is 33.6. The molecule has 11 nitrogen and oxygen atoms in total. The number of alkyl halides is 5. The van der Waals surface area contributed by atoms with Gasteiger partial charge < -0.3 is 5.32 Å². The number of hydrogen-bond acceptors (Lipinski definition) is 7. The lowest BCUT2D eigenvalue weighted by molar-refractivity contribution is -0.141. The number of hydrogen-bond donors (Lipinski definition) is 1. The van der Waals surface area contributed by atoms with E-state index in [2.05, 4.69) is 30.7 Å². The molecule has 1 aliphatic heterocycles. The molecular weight excluding hydrogens is 639 g/mol. The van der Waals surface area contributed by atoms with Gasteiger partial charge in [-0.25, -0.2) is 23.1 Å². The van der Waals surface area contributed by atoms with Crippen LogP contribution in [0.2, 0.25) is 0 Å². The Hall–Kier alpha value is -5.42. The van der Waals surface area contributed by atoms with Crippen molar-refractivity contribution >= 4 is 11.6 Å². The molecule has 0 spiro atoms. The van der Waals surface area contributed by atoms with Crippen LogP contribution in [0.1, 0.15) is 50.2 Å². The summed E-state index contributed by atoms with van der Waals surface area (Å²) in [5.41, 5.74) is -3.11. The summed E-state index contributed by atoms with van der Waals surface area (Å²) in [5, 5.41) is 12.8. The number of rotatable bonds is 4. The third-order valence-electron chi connectivity index (χ3n) is 7.73. The van der Waals surface area contributed by atoms with Crippen LogP contribution in [0, 0.1) is 17.6 Å². The van der Waals surface area contributed by atoms with Crippen molar-refractivity contribution in [1.29, 1.82) is 0 Å². The van der Waals surface area contributed by atoms with Crippen LogP contribution in [0.25, 0.3) is 28.2 Å². The highest BCUT2D eigenvalue weighted by atomic mass is 19.4. The topological polar surface area (TPSA) is 125 Å². The highest BCUT2D eigenvalue weighted by Gasteiger charge is 2.35. The Morgan fingerprint density at radius 3 is 2.53 bits per heavy atom. The van der Waals surface area contributed by atoms with Gasteiger partial charge in [0.25, 0.3) is 5.56 Å². The maximum absolute atomic E-state index is 15.2. The van der Waals surface area contributed by atoms with E-state index in [1.54, 1.807) is 6.92 Å². The molecule has 1 N–H and O–H groups in total. The summed E-state index contributed by atoms with van der Waals surface area (Å²) in [6, 6.07) is 4.58. The quantitative estimate of drug-likeness (QED) is 0.242. The number of fused-ring (bicyclic) bond motifs is 4. The van der Waals surface area contributed by atoms with Crippen molar-refractivity contribution in [3.8, 4) is 28.2 Å². The van der Waals surface area contributed by atoms with Gasteiger partial charge in [-0.1, -0.05) is 18.6 Å². The summed E-state index contributed by atoms with van der Waals surface area (Å²) in [4.78, 5) is 35.0. The zero-order valence-electron chi connectivity index (χ0n) is 24.1. The predicted molar refractivity (Wildman–Crippen MR) is 150 cm³/mol. The molecule has 2 bridgehead atoms. The smallest absolute Gasteiger partial charge is 0.323 e. The van der Waals surface area contributed by atoms with Crippen LogP contribution in [0.5, 0.6) is 0 Å². The van der Waals surface area contributed by atoms with Crippen LogP contribution in [0.4, 0.5) is 36.4 Å². The highest BCUT2D eigenvalue weighted by Crippen LogP contribution is 2.36. The number of pyridine rings is 1. The molecule has 0 radical (unpaired) electrons. The van der Waals surface area contributed by atoms with Crippen molar-refractivity contribution in [2.24, 2.45) is 5.92 Å². The van der Waals surface area contributed by atoms with Crippen LogP contribution in [0.3, 0.4) is 0 Å². The van der Waals surface area contributed by atoms with Crippen LogP contribution in [-0.2, 0) is 11.0 Å². The zero-order valence-corrected chi connectivity index (χ0v) is 24.1. The standard InChI is InChI=1S/C29H22F7N9O2/c1-14-3-2-4-20(17-9-15(7-8-37-17)26-19(40-27(14)47)11-39-45(26)28(32)33)43-13-38-18(10-23(43)46)24-21(6-5-16(30)25(24)31)44-12-22(41-42-44)29(34,35)36/h5-14,20,28H,2-4H2,1H3,(H,40,47). The van der Waals surface area contributed by atoms with Gasteiger partial charge in [-0.05, 0) is 37.1 Å². The average molecular weight is 662 g/mol. The Bertz CT molecular complexity index is 2040. The van der Waals surface area contributed by atoms with Gasteiger partial charge in [0.05, 0.1) is 58.8 Å². The molecule has 1 aliphatic rings. The first-order chi connectivity index (χ1) is 22.3. The van der Waals surface area contributed by atoms with Crippen molar-refractivity contribution in [3.63, 3.8) is 0 Å². The van der Waals surface area contributed by atoms with E-state index < -0.39 is 64.7 Å². The third kappa shape index (κ3) is 5.97. The second-order valence-corrected chi connectivity index (χ2v) is 10.8. The van der Waals surface area contributed by atoms with Gasteiger partial charge in [0.15, 0.2) is 17.3 Å². The molecule has 5 aromatic rings. The van der Waals surface area contributed by atoms with Gasteiger partial charge in [-0.3, -0.25) is 19.1 Å². The maximum Gasteiger partial charge on any atom is 0.436 e. The molecule has 0 fully saturated rings. The molecule has 0 aliphatic carbocycles. The van der Waals surface area contributed by atoms with Crippen molar-refractivity contribution in [1.82, 2.24) is 39.3 Å². The molecule has 2 atom stereocenters. The lowest BCUT2D eigenvalue weighted by Gasteiger charge is -2.22. The van der Waals surface area contributed by atoms with E-state index in [0.29, 0.717) is 34.5 Å². The Kier molecular flexibility index (Phi) is 8.10. The number of benzene rings is 1. The van der Waals surface area contributed by atoms with E-state index in [1.807, 2.05) is 0 Å². The van der Waals surface area contributed by atoms with Gasteiger partial charge in [0, 0.05) is 23.7 Å². The summed E-state index contributed by atoms with van der Waals surface area (Å²) >= 11 is 0. The fourth-order valence-electron chi connectivity index (χ4n) is 5.37. The van der Waals surface area contributed by atoms with E-state index in [9.17, 15) is 35.9 Å². The number of amides is 1. The van der Waals surface area contributed by atoms with Crippen LogP contribution < -0.4 is 10.9 Å². The number of carbonyl (C=O) groups excluding carboxylic acids is 1. The SMILES string of the molecule is CC1CCCC(n2cnc(-c3c(-n4cc(C(F)(F)F)nn4)ccc(F)c3F)cc2=O)c2cc(ccn2)-c2c(cnn2C(F)F)NC1=O. The maximum atomic E-state index is 15.2. The highest BCUT2D eigenvalue weighted by molar-refractivity contribution is 5.95. The number of aromatic nitrogens is 8. The Labute approximate surface area is 259 Å². The molecule has 1 amide bonds. The Morgan fingerprint density at radius 2 is 1.83 bits per heavy atom. The van der Waals surface area contributed by atoms with E-state index in [0.717, 1.165) is 29.2 Å². The minimum atomic E-state index is -4.86. The molecule has 0 saturated carbocycles. The molecular formula is C29H22F7N9O2. The molecule has 244 valence electrons. The molecule has 5 heterocycles. The van der Waals surface area contributed by atoms with Gasteiger partial charge in [0.2, 0.25) is 5.91 Å². The number of nitrogens with one attached hydrogen (secondary N) is 1. The summed E-state index contributed by atoms with van der Waals surface area (Å²) in [6.45, 7) is -1.39. The number of anilines is 1. The van der Waals surface area contributed by atoms with Crippen molar-refractivity contribution < 1.29 is 35.5 Å². The summed E-state index contributed by atoms with van der Waals surface area (Å²) in [6.07, 6.45) is 0.0966. The van der Waals surface area contributed by atoms with Gasteiger partial charge in [-0.15, -0.1) is 5.10 Å². The van der Waals surface area contributed by atoms with Crippen LogP contribution >= 0.6 is 0 Å². The third-order valence-corrected chi connectivity index (χ3v) is 7.73. The van der Waals surface area contributed by atoms with Crippen molar-refractivity contribution in [3.05, 3.63) is 88.6 Å². The number of nitrogens with zero attached hydrogens (tertiary/aromatic N) is 8. The first-order valence-corrected chi connectivity index (χ1v) is 14.0. The normalized spacial score (nSPS) is 17.2. The largest absolute Gasteiger partial charge is 0.436 e. The molecule has 47 heavy (non-hydrogen) atoms. The van der Waals surface area contributed by atoms with Crippen molar-refractivity contribution in [2.75, 3.05) is 5.32 Å². The summed E-state index contributed by atoms with van der Waals surface area (Å²) in [5.74, 6) is -3.82. The van der Waals surface area contributed by atoms with Crippen LogP contribution in [0.15, 0.2) is 60.0 Å². The monoisotopic (exact) mass is 661 g/mol. The molecule has 0 saturated heterocycles. The Balaban J connectivity index is 1.45. The fraction of sp³-hybridized carbons (Fsp3) is 0.276. The molecule has 4 aromatic heterocycles. The number of halogens is 7. The number of carbonyl (C=O) groups is 1. The Morgan fingerprint density at radius 1 is 1.04 bits per heavy atom. The molecule has 6 rings (SSSR count). The van der Waals surface area contributed by atoms with E-state index in [1.165, 1.54) is 18.3 Å². The lowest BCUT2D eigenvalue weighted by atomic mass is 9.97. The molecule has 18 heteroatoms. The summed E-state index contributed by atoms with van der Waals surface area (Å²) in [7, 11) is 0. The first-order valence-electron chi connectivity index (χ1n) is 14.0. The van der Waals surface area contributed by atoms with Gasteiger partial charge in [0.1, 0.15) is 0 Å². The van der Waals surface area contributed by atoms with Crippen LogP contribution in [-0.4, -0.2) is 45.2 Å². The summed E-state index contributed by atoms with van der Waals surface area (Å²) < 4.78 is 99.1.